The number of carbonyl (C=O) groups is 2. The summed E-state index contributed by atoms with van der Waals surface area (Å²) in [4.78, 5) is 34.9. The third kappa shape index (κ3) is 4.74. The van der Waals surface area contributed by atoms with Crippen LogP contribution in [0, 0.1) is 13.8 Å². The van der Waals surface area contributed by atoms with Gasteiger partial charge in [0.2, 0.25) is 15.7 Å². The van der Waals surface area contributed by atoms with E-state index in [9.17, 15) is 18.0 Å². The van der Waals surface area contributed by atoms with Crippen molar-refractivity contribution in [3.05, 3.63) is 82.5 Å². The van der Waals surface area contributed by atoms with Crippen molar-refractivity contribution < 1.29 is 18.0 Å². The lowest BCUT2D eigenvalue weighted by atomic mass is 10.0. The minimum atomic E-state index is -4.55. The van der Waals surface area contributed by atoms with Gasteiger partial charge in [-0.05, 0) is 55.3 Å². The molecule has 0 bridgehead atoms. The lowest BCUT2D eigenvalue weighted by molar-refractivity contribution is -0.124. The number of para-hydroxylation sites is 1. The summed E-state index contributed by atoms with van der Waals surface area (Å²) in [7, 11) is -4.55. The zero-order valence-electron chi connectivity index (χ0n) is 22.3. The number of nitrogens with zero attached hydrogens (tertiary/aromatic N) is 4. The number of hydrogen-bond donors (Lipinski definition) is 2. The van der Waals surface area contributed by atoms with Crippen LogP contribution in [0.1, 0.15) is 23.6 Å². The Morgan fingerprint density at radius 3 is 2.58 bits per heavy atom. The molecular formula is C28H29ClN6O4S. The van der Waals surface area contributed by atoms with Crippen LogP contribution < -0.4 is 15.6 Å². The predicted octanol–water partition coefficient (Wildman–Crippen LogP) is 3.13. The monoisotopic (exact) mass is 580 g/mol. The van der Waals surface area contributed by atoms with Gasteiger partial charge in [-0.2, -0.15) is 0 Å². The molecule has 10 nitrogen and oxygen atoms in total. The van der Waals surface area contributed by atoms with Crippen LogP contribution in [0.3, 0.4) is 0 Å². The van der Waals surface area contributed by atoms with Gasteiger partial charge in [0.1, 0.15) is 5.82 Å². The van der Waals surface area contributed by atoms with E-state index in [4.69, 9.17) is 11.6 Å². The number of nitrogens with one attached hydrogen (secondary N) is 2. The Bertz CT molecular complexity index is 1610. The van der Waals surface area contributed by atoms with Gasteiger partial charge in [-0.1, -0.05) is 35.9 Å². The fraction of sp³-hybridized carbons (Fsp3) is 0.286. The number of anilines is 2. The molecule has 2 atom stereocenters. The molecule has 0 aliphatic carbocycles. The smallest absolute Gasteiger partial charge is 0.270 e. The summed E-state index contributed by atoms with van der Waals surface area (Å²) in [6.07, 6.45) is 3.03. The van der Waals surface area contributed by atoms with Gasteiger partial charge in [-0.15, -0.1) is 0 Å². The highest BCUT2D eigenvalue weighted by atomic mass is 35.5. The van der Waals surface area contributed by atoms with Crippen molar-refractivity contribution in [1.82, 2.24) is 15.4 Å². The fourth-order valence-corrected chi connectivity index (χ4v) is 7.63. The van der Waals surface area contributed by atoms with Crippen molar-refractivity contribution in [2.24, 2.45) is 4.99 Å². The number of hydrazine groups is 1. The van der Waals surface area contributed by atoms with Gasteiger partial charge in [-0.25, -0.2) is 18.4 Å². The lowest BCUT2D eigenvalue weighted by Gasteiger charge is -2.47. The van der Waals surface area contributed by atoms with Crippen LogP contribution in [-0.4, -0.2) is 67.0 Å². The predicted molar refractivity (Wildman–Crippen MR) is 154 cm³/mol. The van der Waals surface area contributed by atoms with E-state index in [0.717, 1.165) is 0 Å². The first-order valence-electron chi connectivity index (χ1n) is 12.7. The van der Waals surface area contributed by atoms with Crippen LogP contribution in [0.2, 0.25) is 5.02 Å². The maximum Gasteiger partial charge on any atom is 0.270 e. The fourth-order valence-electron chi connectivity index (χ4n) is 5.22. The highest BCUT2D eigenvalue weighted by molar-refractivity contribution is 7.93. The molecule has 3 aromatic rings. The van der Waals surface area contributed by atoms with E-state index < -0.39 is 26.7 Å². The standard InChI is InChI=1S/C28H29ClN6O4S/c1-18-15-24(19(2)14-22(18)29)40(38,39)28(27(37)32-23-9-5-4-8-21(23)16-31-28)25-17-34(33-20(3)36)12-13-35(25)26-10-6-7-11-30-26/h4-11,14-16,25H,12-13,17H2,1-3H3,(H,32,37)(H,33,36). The molecule has 0 saturated carbocycles. The van der Waals surface area contributed by atoms with E-state index in [-0.39, 0.29) is 23.9 Å². The average Bonchev–Trinajstić information content (AvgIpc) is 3.07. The molecule has 2 aliphatic rings. The molecule has 2 aliphatic heterocycles. The quantitative estimate of drug-likeness (QED) is 0.475. The first-order chi connectivity index (χ1) is 19.0. The van der Waals surface area contributed by atoms with Gasteiger partial charge in [0.05, 0.1) is 10.9 Å². The summed E-state index contributed by atoms with van der Waals surface area (Å²) >= 11 is 6.32. The van der Waals surface area contributed by atoms with Crippen LogP contribution >= 0.6 is 11.6 Å². The Morgan fingerprint density at radius 2 is 1.85 bits per heavy atom. The van der Waals surface area contributed by atoms with Gasteiger partial charge < -0.3 is 10.2 Å². The number of aromatic nitrogens is 1. The first kappa shape index (κ1) is 27.8. The number of piperazine rings is 1. The average molecular weight is 581 g/mol. The van der Waals surface area contributed by atoms with Crippen molar-refractivity contribution in [2.45, 2.75) is 36.6 Å². The van der Waals surface area contributed by atoms with E-state index >= 15 is 0 Å². The number of halogens is 1. The molecule has 2 aromatic carbocycles. The zero-order chi connectivity index (χ0) is 28.7. The number of pyridine rings is 1. The van der Waals surface area contributed by atoms with Crippen LogP contribution in [-0.2, 0) is 19.4 Å². The van der Waals surface area contributed by atoms with E-state index in [2.05, 4.69) is 20.7 Å². The Morgan fingerprint density at radius 1 is 1.10 bits per heavy atom. The molecule has 2 N–H and O–H groups in total. The summed E-state index contributed by atoms with van der Waals surface area (Å²) < 4.78 is 29.9. The zero-order valence-corrected chi connectivity index (χ0v) is 23.8. The minimum Gasteiger partial charge on any atom is -0.347 e. The topological polar surface area (TPSA) is 124 Å². The molecule has 0 spiro atoms. The SMILES string of the molecule is CC(=O)NN1CCN(c2ccccn2)C(C2(S(=O)(=O)c3cc(C)c(Cl)cc3C)N=Cc3ccccc3NC2=O)C1. The number of hydrogen-bond acceptors (Lipinski definition) is 8. The molecule has 40 heavy (non-hydrogen) atoms. The molecular weight excluding hydrogens is 552 g/mol. The van der Waals surface area contributed by atoms with Crippen molar-refractivity contribution in [1.29, 1.82) is 0 Å². The summed E-state index contributed by atoms with van der Waals surface area (Å²) in [5, 5.41) is 4.87. The number of rotatable bonds is 5. The number of aliphatic imine (C=N–C) groups is 1. The highest BCUT2D eigenvalue weighted by Gasteiger charge is 2.61. The largest absolute Gasteiger partial charge is 0.347 e. The molecule has 3 heterocycles. The van der Waals surface area contributed by atoms with Crippen LogP contribution in [0.25, 0.3) is 0 Å². The van der Waals surface area contributed by atoms with Gasteiger partial charge >= 0.3 is 0 Å². The van der Waals surface area contributed by atoms with E-state index in [1.807, 2.05) is 0 Å². The minimum absolute atomic E-state index is 0.0257. The normalized spacial score (nSPS) is 21.4. The maximum atomic E-state index is 14.9. The third-order valence-electron chi connectivity index (χ3n) is 7.18. The highest BCUT2D eigenvalue weighted by Crippen LogP contribution is 2.41. The van der Waals surface area contributed by atoms with E-state index in [1.165, 1.54) is 19.2 Å². The number of benzodiazepines with no additional fused rings is 1. The van der Waals surface area contributed by atoms with Crippen molar-refractivity contribution >= 4 is 51.0 Å². The van der Waals surface area contributed by atoms with Crippen molar-refractivity contribution in [3.8, 4) is 0 Å². The number of benzene rings is 2. The molecule has 0 radical (unpaired) electrons. The second-order valence-corrected chi connectivity index (χ2v) is 12.4. The van der Waals surface area contributed by atoms with Crippen LogP contribution in [0.4, 0.5) is 11.5 Å². The molecule has 12 heteroatoms. The molecule has 5 rings (SSSR count). The number of aryl methyl sites for hydroxylation is 2. The van der Waals surface area contributed by atoms with Crippen LogP contribution in [0.15, 0.2) is 70.7 Å². The number of amides is 2. The van der Waals surface area contributed by atoms with Crippen molar-refractivity contribution in [2.75, 3.05) is 29.9 Å². The maximum absolute atomic E-state index is 14.9. The van der Waals surface area contributed by atoms with Gasteiger partial charge in [0.25, 0.3) is 10.8 Å². The van der Waals surface area contributed by atoms with E-state index in [0.29, 0.717) is 39.8 Å². The Kier molecular flexibility index (Phi) is 7.38. The Balaban J connectivity index is 1.79. The number of sulfone groups is 1. The molecule has 2 amide bonds. The number of fused-ring (bicyclic) bond motifs is 1. The Hall–Kier alpha value is -3.80. The number of carbonyl (C=O) groups excluding carboxylic acids is 2. The van der Waals surface area contributed by atoms with Gasteiger partial charge in [-0.3, -0.25) is 20.0 Å². The third-order valence-corrected chi connectivity index (χ3v) is 9.98. The van der Waals surface area contributed by atoms with Gasteiger partial charge in [0.15, 0.2) is 0 Å². The second-order valence-electron chi connectivity index (χ2n) is 9.88. The van der Waals surface area contributed by atoms with Crippen LogP contribution in [0.5, 0.6) is 0 Å². The molecule has 2 unspecified atom stereocenters. The lowest BCUT2D eigenvalue weighted by Crippen LogP contribution is -2.70. The molecule has 1 fully saturated rings. The summed E-state index contributed by atoms with van der Waals surface area (Å²) in [5.74, 6) is -0.637. The second kappa shape index (κ2) is 10.6. The molecule has 208 valence electrons. The summed E-state index contributed by atoms with van der Waals surface area (Å²) in [6, 6.07) is 14.2. The Labute approximate surface area is 238 Å². The van der Waals surface area contributed by atoms with E-state index in [1.54, 1.807) is 78.5 Å². The first-order valence-corrected chi connectivity index (χ1v) is 14.6. The molecule has 1 saturated heterocycles. The van der Waals surface area contributed by atoms with Crippen molar-refractivity contribution in [3.63, 3.8) is 0 Å². The van der Waals surface area contributed by atoms with Gasteiger partial charge in [0, 0.05) is 55.2 Å². The summed E-state index contributed by atoms with van der Waals surface area (Å²) in [5.41, 5.74) is 4.70. The summed E-state index contributed by atoms with van der Waals surface area (Å²) in [6.45, 7) is 5.34. The molecule has 1 aromatic heterocycles.